The van der Waals surface area contributed by atoms with Gasteiger partial charge in [-0.1, -0.05) is 0 Å². The van der Waals surface area contributed by atoms with Crippen LogP contribution in [0, 0.1) is 11.6 Å². The van der Waals surface area contributed by atoms with Crippen LogP contribution in [0.25, 0.3) is 0 Å². The zero-order valence-electron chi connectivity index (χ0n) is 12.5. The highest BCUT2D eigenvalue weighted by atomic mass is 19.1. The Labute approximate surface area is 131 Å². The van der Waals surface area contributed by atoms with Gasteiger partial charge in [0.1, 0.15) is 11.9 Å². The number of aromatic nitrogens is 3. The SMILES string of the molecule is Cn1cc(O[C@@H]2CCC[C@@H]2NC(=O)c2ncc(F)cc2F)cn1. The molecule has 0 radical (unpaired) electrons. The van der Waals surface area contributed by atoms with Crippen molar-refractivity contribution in [3.8, 4) is 5.75 Å². The van der Waals surface area contributed by atoms with E-state index in [0.717, 1.165) is 25.5 Å². The molecule has 6 nitrogen and oxygen atoms in total. The lowest BCUT2D eigenvalue weighted by molar-refractivity contribution is 0.0884. The predicted octanol–water partition coefficient (Wildman–Crippen LogP) is 1.82. The maximum Gasteiger partial charge on any atom is 0.273 e. The minimum Gasteiger partial charge on any atom is -0.485 e. The highest BCUT2D eigenvalue weighted by Crippen LogP contribution is 2.24. The van der Waals surface area contributed by atoms with Crippen LogP contribution >= 0.6 is 0 Å². The summed E-state index contributed by atoms with van der Waals surface area (Å²) in [6.07, 6.45) is 6.31. The minimum absolute atomic E-state index is 0.216. The number of aryl methyl sites for hydroxylation is 1. The number of ether oxygens (including phenoxy) is 1. The van der Waals surface area contributed by atoms with Gasteiger partial charge in [-0.2, -0.15) is 5.10 Å². The molecule has 0 saturated heterocycles. The molecule has 2 atom stereocenters. The van der Waals surface area contributed by atoms with Crippen LogP contribution in [0.5, 0.6) is 5.75 Å². The smallest absolute Gasteiger partial charge is 0.273 e. The molecule has 1 aliphatic carbocycles. The summed E-state index contributed by atoms with van der Waals surface area (Å²) in [5.74, 6) is -1.86. The highest BCUT2D eigenvalue weighted by molar-refractivity contribution is 5.92. The van der Waals surface area contributed by atoms with Gasteiger partial charge in [0, 0.05) is 13.1 Å². The zero-order chi connectivity index (χ0) is 16.4. The topological polar surface area (TPSA) is 69.0 Å². The summed E-state index contributed by atoms with van der Waals surface area (Å²) in [5.41, 5.74) is -0.418. The molecule has 0 aliphatic heterocycles. The van der Waals surface area contributed by atoms with Crippen molar-refractivity contribution in [1.29, 1.82) is 0 Å². The van der Waals surface area contributed by atoms with Gasteiger partial charge in [-0.25, -0.2) is 13.8 Å². The zero-order valence-corrected chi connectivity index (χ0v) is 12.5. The monoisotopic (exact) mass is 322 g/mol. The summed E-state index contributed by atoms with van der Waals surface area (Å²) < 4.78 is 33.9. The van der Waals surface area contributed by atoms with Gasteiger partial charge >= 0.3 is 0 Å². The van der Waals surface area contributed by atoms with E-state index in [2.05, 4.69) is 15.4 Å². The maximum atomic E-state index is 13.6. The average molecular weight is 322 g/mol. The fraction of sp³-hybridized carbons (Fsp3) is 0.400. The largest absolute Gasteiger partial charge is 0.485 e. The second kappa shape index (κ2) is 6.31. The molecule has 1 aliphatic rings. The predicted molar refractivity (Wildman–Crippen MR) is 76.9 cm³/mol. The number of carbonyl (C=O) groups excluding carboxylic acids is 1. The van der Waals surface area contributed by atoms with E-state index in [9.17, 15) is 13.6 Å². The van der Waals surface area contributed by atoms with E-state index in [1.807, 2.05) is 0 Å². The van der Waals surface area contributed by atoms with Crippen molar-refractivity contribution in [1.82, 2.24) is 20.1 Å². The second-order valence-corrected chi connectivity index (χ2v) is 5.50. The summed E-state index contributed by atoms with van der Waals surface area (Å²) in [6.45, 7) is 0. The molecule has 0 aromatic carbocycles. The van der Waals surface area contributed by atoms with E-state index in [-0.39, 0.29) is 12.1 Å². The molecule has 2 heterocycles. The Morgan fingerprint density at radius 2 is 2.22 bits per heavy atom. The lowest BCUT2D eigenvalue weighted by atomic mass is 10.2. The molecule has 0 spiro atoms. The van der Waals surface area contributed by atoms with Crippen molar-refractivity contribution in [2.24, 2.45) is 7.05 Å². The molecular weight excluding hydrogens is 306 g/mol. The molecule has 8 heteroatoms. The normalized spacial score (nSPS) is 20.5. The van der Waals surface area contributed by atoms with Crippen molar-refractivity contribution in [2.45, 2.75) is 31.4 Å². The van der Waals surface area contributed by atoms with Crippen LogP contribution in [-0.4, -0.2) is 32.8 Å². The fourth-order valence-electron chi connectivity index (χ4n) is 2.69. The van der Waals surface area contributed by atoms with E-state index >= 15 is 0 Å². The number of pyridine rings is 1. The number of rotatable bonds is 4. The highest BCUT2D eigenvalue weighted by Gasteiger charge is 2.31. The van der Waals surface area contributed by atoms with E-state index in [0.29, 0.717) is 11.8 Å². The Hall–Kier alpha value is -2.51. The molecule has 1 N–H and O–H groups in total. The number of hydrogen-bond donors (Lipinski definition) is 1. The van der Waals surface area contributed by atoms with Gasteiger partial charge in [0.25, 0.3) is 5.91 Å². The summed E-state index contributed by atoms with van der Waals surface area (Å²) in [6, 6.07) is 0.383. The standard InChI is InChI=1S/C15H16F2N4O2/c1-21-8-10(7-19-21)23-13-4-2-3-12(13)20-15(22)14-11(17)5-9(16)6-18-14/h5-8,12-13H,2-4H2,1H3,(H,20,22)/t12-,13+/m0/s1. The van der Waals surface area contributed by atoms with Crippen LogP contribution in [0.4, 0.5) is 8.78 Å². The third-order valence-electron chi connectivity index (χ3n) is 3.76. The Balaban J connectivity index is 1.67. The quantitative estimate of drug-likeness (QED) is 0.932. The van der Waals surface area contributed by atoms with Gasteiger partial charge < -0.3 is 10.1 Å². The molecule has 23 heavy (non-hydrogen) atoms. The van der Waals surface area contributed by atoms with Crippen LogP contribution in [0.2, 0.25) is 0 Å². The maximum absolute atomic E-state index is 13.6. The van der Waals surface area contributed by atoms with E-state index in [1.54, 1.807) is 24.1 Å². The van der Waals surface area contributed by atoms with Gasteiger partial charge in [-0.05, 0) is 19.3 Å². The molecule has 2 aromatic rings. The molecule has 1 saturated carbocycles. The van der Waals surface area contributed by atoms with Crippen LogP contribution in [0.15, 0.2) is 24.7 Å². The Morgan fingerprint density at radius 3 is 2.91 bits per heavy atom. The van der Waals surface area contributed by atoms with Crippen molar-refractivity contribution >= 4 is 5.91 Å². The molecule has 122 valence electrons. The first-order chi connectivity index (χ1) is 11.0. The van der Waals surface area contributed by atoms with Crippen molar-refractivity contribution in [3.05, 3.63) is 42.0 Å². The van der Waals surface area contributed by atoms with Crippen LogP contribution in [0.3, 0.4) is 0 Å². The molecule has 1 amide bonds. The van der Waals surface area contributed by atoms with Crippen molar-refractivity contribution in [3.63, 3.8) is 0 Å². The summed E-state index contributed by atoms with van der Waals surface area (Å²) >= 11 is 0. The minimum atomic E-state index is -0.981. The van der Waals surface area contributed by atoms with Gasteiger partial charge in [-0.15, -0.1) is 0 Å². The number of hydrogen-bond acceptors (Lipinski definition) is 4. The first-order valence-electron chi connectivity index (χ1n) is 7.30. The summed E-state index contributed by atoms with van der Waals surface area (Å²) in [5, 5.41) is 6.74. The molecule has 0 unspecified atom stereocenters. The first-order valence-corrected chi connectivity index (χ1v) is 7.30. The van der Waals surface area contributed by atoms with Crippen LogP contribution < -0.4 is 10.1 Å². The fourth-order valence-corrected chi connectivity index (χ4v) is 2.69. The van der Waals surface area contributed by atoms with E-state index in [1.165, 1.54) is 0 Å². The van der Waals surface area contributed by atoms with Gasteiger partial charge in [0.15, 0.2) is 17.3 Å². The Kier molecular flexibility index (Phi) is 4.22. The molecule has 3 rings (SSSR count). The van der Waals surface area contributed by atoms with Crippen LogP contribution in [-0.2, 0) is 7.05 Å². The van der Waals surface area contributed by atoms with Gasteiger partial charge in [0.2, 0.25) is 0 Å². The first kappa shape index (κ1) is 15.4. The summed E-state index contributed by atoms with van der Waals surface area (Å²) in [4.78, 5) is 15.6. The third kappa shape index (κ3) is 3.46. The van der Waals surface area contributed by atoms with Gasteiger partial charge in [-0.3, -0.25) is 9.48 Å². The average Bonchev–Trinajstić information content (AvgIpc) is 3.09. The number of amides is 1. The number of nitrogens with one attached hydrogen (secondary N) is 1. The number of halogens is 2. The lowest BCUT2D eigenvalue weighted by Crippen LogP contribution is -2.43. The second-order valence-electron chi connectivity index (χ2n) is 5.50. The molecule has 2 aromatic heterocycles. The molecule has 1 fully saturated rings. The molecular formula is C15H16F2N4O2. The van der Waals surface area contributed by atoms with E-state index < -0.39 is 23.2 Å². The lowest BCUT2D eigenvalue weighted by Gasteiger charge is -2.21. The number of nitrogens with zero attached hydrogens (tertiary/aromatic N) is 3. The Morgan fingerprint density at radius 1 is 1.39 bits per heavy atom. The van der Waals surface area contributed by atoms with Crippen LogP contribution in [0.1, 0.15) is 29.8 Å². The van der Waals surface area contributed by atoms with Gasteiger partial charge in [0.05, 0.1) is 24.6 Å². The molecule has 0 bridgehead atoms. The van der Waals surface area contributed by atoms with Crippen molar-refractivity contribution < 1.29 is 18.3 Å². The van der Waals surface area contributed by atoms with Crippen molar-refractivity contribution in [2.75, 3.05) is 0 Å². The summed E-state index contributed by atoms with van der Waals surface area (Å²) in [7, 11) is 1.78. The third-order valence-corrected chi connectivity index (χ3v) is 3.76. The van der Waals surface area contributed by atoms with E-state index in [4.69, 9.17) is 4.74 Å². The Bertz CT molecular complexity index is 719. The number of carbonyl (C=O) groups is 1.